The first-order valence-corrected chi connectivity index (χ1v) is 12.5. The molecule has 0 radical (unpaired) electrons. The van der Waals surface area contributed by atoms with E-state index in [4.69, 9.17) is 4.74 Å². The molecule has 6 heteroatoms. The molecule has 4 atom stereocenters. The van der Waals surface area contributed by atoms with Crippen molar-refractivity contribution >= 4 is 11.3 Å². The van der Waals surface area contributed by atoms with Crippen molar-refractivity contribution in [2.24, 2.45) is 23.7 Å². The van der Waals surface area contributed by atoms with Crippen LogP contribution in [0.1, 0.15) is 51.0 Å². The molecule has 0 spiro atoms. The summed E-state index contributed by atoms with van der Waals surface area (Å²) in [6.07, 6.45) is 11.9. The van der Waals surface area contributed by atoms with Crippen LogP contribution in [0.4, 0.5) is 0 Å². The Morgan fingerprint density at radius 3 is 2.66 bits per heavy atom. The number of hydrogen-bond acceptors (Lipinski definition) is 5. The summed E-state index contributed by atoms with van der Waals surface area (Å²) in [4.78, 5) is 2.76. The van der Waals surface area contributed by atoms with Crippen LogP contribution in [-0.4, -0.2) is 52.2 Å². The summed E-state index contributed by atoms with van der Waals surface area (Å²) in [5, 5.41) is 13.3. The van der Waals surface area contributed by atoms with Gasteiger partial charge in [0.2, 0.25) is 0 Å². The molecule has 2 aromatic rings. The van der Waals surface area contributed by atoms with Gasteiger partial charge in [-0.15, -0.1) is 5.10 Å². The smallest absolute Gasteiger partial charge is 0.113 e. The average Bonchev–Trinajstić information content (AvgIpc) is 3.11. The maximum Gasteiger partial charge on any atom is 0.113 e. The maximum atomic E-state index is 6.53. The Kier molecular flexibility index (Phi) is 4.97. The third-order valence-corrected chi connectivity index (χ3v) is 8.49. The van der Waals surface area contributed by atoms with E-state index >= 15 is 0 Å². The first-order chi connectivity index (χ1) is 14.3. The fourth-order valence-electron chi connectivity index (χ4n) is 5.66. The van der Waals surface area contributed by atoms with E-state index in [0.29, 0.717) is 6.04 Å². The zero-order valence-electron chi connectivity index (χ0n) is 17.2. The molecule has 4 aliphatic rings. The highest BCUT2D eigenvalue weighted by Gasteiger charge is 2.44. The van der Waals surface area contributed by atoms with Crippen molar-refractivity contribution in [1.29, 1.82) is 0 Å². The molecule has 3 aliphatic carbocycles. The standard InChI is InChI=1S/C23H32N4OS/c1-2-16(3-1)10-26-11-19-8-22(23(9-20(19)12-26)28-14-17-4-5-17)27-13-21(24-25-27)18-6-7-29-15-18/h6-7,13,15-17,19-20,22-23H,1-5,8-12,14H2/t19-,20+,22-,23-/m1/s1. The van der Waals surface area contributed by atoms with Gasteiger partial charge in [-0.1, -0.05) is 11.6 Å². The van der Waals surface area contributed by atoms with Gasteiger partial charge in [0, 0.05) is 37.2 Å². The van der Waals surface area contributed by atoms with Crippen molar-refractivity contribution in [3.8, 4) is 11.3 Å². The Morgan fingerprint density at radius 1 is 1.07 bits per heavy atom. The highest BCUT2D eigenvalue weighted by Crippen LogP contribution is 2.44. The summed E-state index contributed by atoms with van der Waals surface area (Å²) in [5.41, 5.74) is 2.17. The number of hydrogen-bond donors (Lipinski definition) is 0. The number of ether oxygens (including phenoxy) is 1. The van der Waals surface area contributed by atoms with Crippen LogP contribution in [0.3, 0.4) is 0 Å². The molecule has 3 heterocycles. The van der Waals surface area contributed by atoms with E-state index in [1.807, 2.05) is 0 Å². The molecule has 4 fully saturated rings. The van der Waals surface area contributed by atoms with Gasteiger partial charge in [-0.3, -0.25) is 0 Å². The van der Waals surface area contributed by atoms with Crippen LogP contribution in [0.25, 0.3) is 11.3 Å². The fourth-order valence-corrected chi connectivity index (χ4v) is 6.31. The molecular weight excluding hydrogens is 380 g/mol. The van der Waals surface area contributed by atoms with Crippen molar-refractivity contribution in [1.82, 2.24) is 19.9 Å². The lowest BCUT2D eigenvalue weighted by molar-refractivity contribution is -0.0375. The molecule has 3 saturated carbocycles. The molecule has 0 N–H and O–H groups in total. The monoisotopic (exact) mass is 412 g/mol. The molecular formula is C23H32N4OS. The second kappa shape index (κ2) is 7.78. The van der Waals surface area contributed by atoms with Gasteiger partial charge in [0.25, 0.3) is 0 Å². The Labute approximate surface area is 177 Å². The Morgan fingerprint density at radius 2 is 1.93 bits per heavy atom. The van der Waals surface area contributed by atoms with Crippen LogP contribution in [0.5, 0.6) is 0 Å². The van der Waals surface area contributed by atoms with Crippen LogP contribution in [0, 0.1) is 23.7 Å². The molecule has 2 aromatic heterocycles. The second-order valence-corrected chi connectivity index (χ2v) is 10.8. The number of likely N-dealkylation sites (tertiary alicyclic amines) is 1. The maximum absolute atomic E-state index is 6.53. The largest absolute Gasteiger partial charge is 0.376 e. The fraction of sp³-hybridized carbons (Fsp3) is 0.739. The molecule has 5 nitrogen and oxygen atoms in total. The van der Waals surface area contributed by atoms with Crippen molar-refractivity contribution in [2.75, 3.05) is 26.2 Å². The average molecular weight is 413 g/mol. The van der Waals surface area contributed by atoms with Gasteiger partial charge in [-0.05, 0) is 73.6 Å². The first kappa shape index (κ1) is 18.5. The van der Waals surface area contributed by atoms with Crippen molar-refractivity contribution in [2.45, 2.75) is 57.1 Å². The number of fused-ring (bicyclic) bond motifs is 1. The van der Waals surface area contributed by atoms with Gasteiger partial charge in [0.1, 0.15) is 5.69 Å². The van der Waals surface area contributed by atoms with Crippen LogP contribution >= 0.6 is 11.3 Å². The van der Waals surface area contributed by atoms with Crippen LogP contribution in [0.15, 0.2) is 23.0 Å². The van der Waals surface area contributed by atoms with Crippen LogP contribution in [0.2, 0.25) is 0 Å². The summed E-state index contributed by atoms with van der Waals surface area (Å²) in [7, 11) is 0. The highest BCUT2D eigenvalue weighted by atomic mass is 32.1. The topological polar surface area (TPSA) is 43.2 Å². The molecule has 0 aromatic carbocycles. The van der Waals surface area contributed by atoms with E-state index < -0.39 is 0 Å². The van der Waals surface area contributed by atoms with Gasteiger partial charge >= 0.3 is 0 Å². The van der Waals surface area contributed by atoms with Gasteiger partial charge in [0.05, 0.1) is 18.3 Å². The number of rotatable bonds is 7. The lowest BCUT2D eigenvalue weighted by Crippen LogP contribution is -2.38. The zero-order valence-corrected chi connectivity index (χ0v) is 18.0. The van der Waals surface area contributed by atoms with Crippen molar-refractivity contribution in [3.05, 3.63) is 23.0 Å². The molecule has 0 bridgehead atoms. The second-order valence-electron chi connectivity index (χ2n) is 9.99. The molecule has 1 saturated heterocycles. The Balaban J connectivity index is 1.18. The molecule has 29 heavy (non-hydrogen) atoms. The molecule has 1 aliphatic heterocycles. The Hall–Kier alpha value is -1.24. The van der Waals surface area contributed by atoms with E-state index in [1.54, 1.807) is 11.3 Å². The predicted octanol–water partition coefficient (Wildman–Crippen LogP) is 4.48. The summed E-state index contributed by atoms with van der Waals surface area (Å²) < 4.78 is 8.66. The Bertz CT molecular complexity index is 813. The van der Waals surface area contributed by atoms with Gasteiger partial charge < -0.3 is 9.64 Å². The van der Waals surface area contributed by atoms with Crippen molar-refractivity contribution < 1.29 is 4.74 Å². The van der Waals surface area contributed by atoms with Gasteiger partial charge in [-0.2, -0.15) is 11.3 Å². The van der Waals surface area contributed by atoms with Gasteiger partial charge in [0.15, 0.2) is 0 Å². The number of thiophene rings is 1. The lowest BCUT2D eigenvalue weighted by Gasteiger charge is -2.37. The summed E-state index contributed by atoms with van der Waals surface area (Å²) in [6, 6.07) is 2.46. The summed E-state index contributed by atoms with van der Waals surface area (Å²) in [6.45, 7) is 4.83. The number of aromatic nitrogens is 3. The van der Waals surface area contributed by atoms with E-state index in [-0.39, 0.29) is 6.10 Å². The minimum Gasteiger partial charge on any atom is -0.376 e. The predicted molar refractivity (Wildman–Crippen MR) is 115 cm³/mol. The lowest BCUT2D eigenvalue weighted by atomic mass is 9.77. The van der Waals surface area contributed by atoms with Crippen LogP contribution in [-0.2, 0) is 4.74 Å². The SMILES string of the molecule is c1cc(-c2cn([C@@H]3C[C@@H]4CN(CC5CCC5)C[C@@H]4C[C@H]3OCC3CC3)nn2)cs1. The third-order valence-electron chi connectivity index (χ3n) is 7.81. The zero-order chi connectivity index (χ0) is 19.2. The third kappa shape index (κ3) is 3.91. The molecule has 156 valence electrons. The van der Waals surface area contributed by atoms with Crippen LogP contribution < -0.4 is 0 Å². The van der Waals surface area contributed by atoms with E-state index in [0.717, 1.165) is 36.0 Å². The molecule has 6 rings (SSSR count). The summed E-state index contributed by atoms with van der Waals surface area (Å²) in [5.74, 6) is 3.37. The molecule has 0 amide bonds. The van der Waals surface area contributed by atoms with E-state index in [1.165, 1.54) is 70.1 Å². The van der Waals surface area contributed by atoms with Crippen molar-refractivity contribution in [3.63, 3.8) is 0 Å². The van der Waals surface area contributed by atoms with Gasteiger partial charge in [-0.25, -0.2) is 4.68 Å². The molecule has 0 unspecified atom stereocenters. The highest BCUT2D eigenvalue weighted by molar-refractivity contribution is 7.08. The summed E-state index contributed by atoms with van der Waals surface area (Å²) >= 11 is 1.71. The van der Waals surface area contributed by atoms with E-state index in [2.05, 4.69) is 42.9 Å². The first-order valence-electron chi connectivity index (χ1n) is 11.6. The van der Waals surface area contributed by atoms with E-state index in [9.17, 15) is 0 Å². The quantitative estimate of drug-likeness (QED) is 0.672. The normalized spacial score (nSPS) is 33.0. The number of nitrogens with zero attached hydrogens (tertiary/aromatic N) is 4. The minimum absolute atomic E-state index is 0.289. The minimum atomic E-state index is 0.289.